The lowest BCUT2D eigenvalue weighted by Gasteiger charge is -2.26. The van der Waals surface area contributed by atoms with E-state index in [0.29, 0.717) is 16.6 Å². The van der Waals surface area contributed by atoms with E-state index >= 15 is 0 Å². The summed E-state index contributed by atoms with van der Waals surface area (Å²) in [4.78, 5) is 28.6. The van der Waals surface area contributed by atoms with Crippen molar-refractivity contribution < 1.29 is 4.79 Å². The Morgan fingerprint density at radius 2 is 1.70 bits per heavy atom. The van der Waals surface area contributed by atoms with Crippen molar-refractivity contribution in [2.45, 2.75) is 32.2 Å². The SMILES string of the molecule is O=C1c2c(c(=O)c3ccccc3n2CCCN2CCCCC2)-c2cccn21. The van der Waals surface area contributed by atoms with Crippen molar-refractivity contribution in [3.05, 3.63) is 58.5 Å². The van der Waals surface area contributed by atoms with Gasteiger partial charge in [0.2, 0.25) is 0 Å². The molecule has 2 aliphatic heterocycles. The third kappa shape index (κ3) is 2.57. The predicted molar refractivity (Wildman–Crippen MR) is 106 cm³/mol. The van der Waals surface area contributed by atoms with E-state index in [2.05, 4.69) is 9.47 Å². The van der Waals surface area contributed by atoms with Crippen molar-refractivity contribution in [1.29, 1.82) is 0 Å². The number of nitrogens with zero attached hydrogens (tertiary/aromatic N) is 3. The van der Waals surface area contributed by atoms with Crippen LogP contribution in [-0.2, 0) is 6.54 Å². The highest BCUT2D eigenvalue weighted by molar-refractivity contribution is 6.09. The van der Waals surface area contributed by atoms with E-state index in [9.17, 15) is 9.59 Å². The quantitative estimate of drug-likeness (QED) is 0.560. The van der Waals surface area contributed by atoms with Crippen LogP contribution in [0.1, 0.15) is 36.2 Å². The Morgan fingerprint density at radius 1 is 0.889 bits per heavy atom. The molecule has 5 rings (SSSR count). The van der Waals surface area contributed by atoms with Crippen molar-refractivity contribution in [2.75, 3.05) is 19.6 Å². The second-order valence-electron chi connectivity index (χ2n) is 7.55. The van der Waals surface area contributed by atoms with Crippen molar-refractivity contribution in [3.63, 3.8) is 0 Å². The normalized spacial score (nSPS) is 16.7. The lowest BCUT2D eigenvalue weighted by molar-refractivity contribution is 0.0960. The van der Waals surface area contributed by atoms with Gasteiger partial charge in [-0.25, -0.2) is 0 Å². The number of likely N-dealkylation sites (tertiary alicyclic amines) is 1. The summed E-state index contributed by atoms with van der Waals surface area (Å²) >= 11 is 0. The Hall–Kier alpha value is -2.66. The summed E-state index contributed by atoms with van der Waals surface area (Å²) < 4.78 is 3.68. The summed E-state index contributed by atoms with van der Waals surface area (Å²) in [5.41, 5.74) is 2.64. The molecule has 0 N–H and O–H groups in total. The molecule has 0 spiro atoms. The molecule has 2 aliphatic rings. The van der Waals surface area contributed by atoms with Crippen LogP contribution in [-0.4, -0.2) is 39.6 Å². The molecule has 5 nitrogen and oxygen atoms in total. The Bertz CT molecular complexity index is 1090. The van der Waals surface area contributed by atoms with E-state index in [4.69, 9.17) is 0 Å². The van der Waals surface area contributed by atoms with Crippen LogP contribution in [0.2, 0.25) is 0 Å². The Labute approximate surface area is 157 Å². The number of benzene rings is 1. The van der Waals surface area contributed by atoms with E-state index in [1.165, 1.54) is 32.4 Å². The number of fused-ring (bicyclic) bond motifs is 4. The van der Waals surface area contributed by atoms with Crippen LogP contribution in [0.3, 0.4) is 0 Å². The number of aromatic nitrogens is 2. The molecular formula is C22H23N3O2. The molecule has 0 atom stereocenters. The average Bonchev–Trinajstić information content (AvgIpc) is 3.28. The Balaban J connectivity index is 1.58. The van der Waals surface area contributed by atoms with Gasteiger partial charge in [0.1, 0.15) is 5.69 Å². The number of pyridine rings is 1. The smallest absolute Gasteiger partial charge is 0.279 e. The first-order valence-corrected chi connectivity index (χ1v) is 9.86. The highest BCUT2D eigenvalue weighted by atomic mass is 16.2. The molecule has 0 unspecified atom stereocenters. The van der Waals surface area contributed by atoms with Crippen LogP contribution in [0.15, 0.2) is 47.4 Å². The van der Waals surface area contributed by atoms with Crippen molar-refractivity contribution >= 4 is 16.8 Å². The fraction of sp³-hybridized carbons (Fsp3) is 0.364. The third-order valence-electron chi connectivity index (χ3n) is 5.90. The first kappa shape index (κ1) is 16.5. The maximum atomic E-state index is 13.1. The fourth-order valence-electron chi connectivity index (χ4n) is 4.60. The van der Waals surface area contributed by atoms with Crippen LogP contribution in [0.5, 0.6) is 0 Å². The Kier molecular flexibility index (Phi) is 3.97. The molecule has 0 aliphatic carbocycles. The average molecular weight is 361 g/mol. The van der Waals surface area contributed by atoms with Gasteiger partial charge in [0.15, 0.2) is 5.43 Å². The first-order chi connectivity index (χ1) is 13.3. The topological polar surface area (TPSA) is 47.2 Å². The molecule has 1 saturated heterocycles. The molecule has 27 heavy (non-hydrogen) atoms. The van der Waals surface area contributed by atoms with Gasteiger partial charge in [0.05, 0.1) is 16.8 Å². The number of hydrogen-bond donors (Lipinski definition) is 0. The van der Waals surface area contributed by atoms with Gasteiger partial charge >= 0.3 is 0 Å². The maximum Gasteiger partial charge on any atom is 0.279 e. The Morgan fingerprint density at radius 3 is 2.56 bits per heavy atom. The van der Waals surface area contributed by atoms with Gasteiger partial charge in [-0.2, -0.15) is 0 Å². The number of aryl methyl sites for hydroxylation is 1. The van der Waals surface area contributed by atoms with E-state index in [1.807, 2.05) is 36.4 Å². The lowest BCUT2D eigenvalue weighted by atomic mass is 10.1. The number of rotatable bonds is 4. The molecule has 2 aromatic heterocycles. The minimum Gasteiger partial charge on any atom is -0.336 e. The van der Waals surface area contributed by atoms with Gasteiger partial charge < -0.3 is 9.47 Å². The van der Waals surface area contributed by atoms with Gasteiger partial charge in [-0.15, -0.1) is 0 Å². The molecular weight excluding hydrogens is 338 g/mol. The zero-order chi connectivity index (χ0) is 18.4. The highest BCUT2D eigenvalue weighted by Crippen LogP contribution is 2.32. The van der Waals surface area contributed by atoms with Gasteiger partial charge in [0, 0.05) is 18.1 Å². The molecule has 5 heteroatoms. The minimum absolute atomic E-state index is 0.0429. The van der Waals surface area contributed by atoms with Crippen LogP contribution in [0.25, 0.3) is 22.2 Å². The predicted octanol–water partition coefficient (Wildman–Crippen LogP) is 3.35. The van der Waals surface area contributed by atoms with Crippen LogP contribution in [0.4, 0.5) is 0 Å². The van der Waals surface area contributed by atoms with E-state index in [-0.39, 0.29) is 11.3 Å². The van der Waals surface area contributed by atoms with Crippen molar-refractivity contribution in [2.24, 2.45) is 0 Å². The van der Waals surface area contributed by atoms with E-state index < -0.39 is 0 Å². The molecule has 0 bridgehead atoms. The second-order valence-corrected chi connectivity index (χ2v) is 7.55. The molecule has 3 aromatic rings. The van der Waals surface area contributed by atoms with Gasteiger partial charge in [-0.3, -0.25) is 14.2 Å². The van der Waals surface area contributed by atoms with Crippen molar-refractivity contribution in [3.8, 4) is 11.3 Å². The first-order valence-electron chi connectivity index (χ1n) is 9.86. The largest absolute Gasteiger partial charge is 0.336 e. The summed E-state index contributed by atoms with van der Waals surface area (Å²) in [6.45, 7) is 4.13. The number of carbonyl (C=O) groups excluding carboxylic acids is 1. The maximum absolute atomic E-state index is 13.1. The third-order valence-corrected chi connectivity index (χ3v) is 5.90. The zero-order valence-electron chi connectivity index (χ0n) is 15.4. The molecule has 4 heterocycles. The fourth-order valence-corrected chi connectivity index (χ4v) is 4.60. The highest BCUT2D eigenvalue weighted by Gasteiger charge is 2.32. The van der Waals surface area contributed by atoms with Crippen molar-refractivity contribution in [1.82, 2.24) is 14.0 Å². The summed E-state index contributed by atoms with van der Waals surface area (Å²) in [6, 6.07) is 11.3. The second kappa shape index (κ2) is 6.50. The zero-order valence-corrected chi connectivity index (χ0v) is 15.4. The summed E-state index contributed by atoms with van der Waals surface area (Å²) in [5.74, 6) is -0.0918. The molecule has 0 radical (unpaired) electrons. The lowest BCUT2D eigenvalue weighted by Crippen LogP contribution is -2.31. The molecule has 1 aromatic carbocycles. The summed E-state index contributed by atoms with van der Waals surface area (Å²) in [5, 5.41) is 0.691. The molecule has 1 fully saturated rings. The number of piperidine rings is 1. The monoisotopic (exact) mass is 361 g/mol. The van der Waals surface area contributed by atoms with E-state index in [0.717, 1.165) is 30.7 Å². The summed E-state index contributed by atoms with van der Waals surface area (Å²) in [7, 11) is 0. The number of carbonyl (C=O) groups is 1. The standard InChI is InChI=1S/C22H23N3O2/c26-21-16-8-2-3-9-17(16)24(15-7-13-23-11-4-1-5-12-23)20-19(21)18-10-6-14-25(18)22(20)27/h2-3,6,8-10,14H,1,4-5,7,11-13,15H2. The number of para-hydroxylation sites is 1. The van der Waals surface area contributed by atoms with Gasteiger partial charge in [-0.05, 0) is 63.2 Å². The van der Waals surface area contributed by atoms with E-state index in [1.54, 1.807) is 10.8 Å². The van der Waals surface area contributed by atoms with Gasteiger partial charge in [0.25, 0.3) is 5.91 Å². The van der Waals surface area contributed by atoms with Crippen LogP contribution >= 0.6 is 0 Å². The summed E-state index contributed by atoms with van der Waals surface area (Å²) in [6.07, 6.45) is 6.62. The van der Waals surface area contributed by atoms with Gasteiger partial charge in [-0.1, -0.05) is 18.6 Å². The molecule has 0 saturated carbocycles. The van der Waals surface area contributed by atoms with Crippen LogP contribution < -0.4 is 5.43 Å². The number of hydrogen-bond acceptors (Lipinski definition) is 3. The molecule has 0 amide bonds. The molecule has 138 valence electrons. The van der Waals surface area contributed by atoms with Crippen LogP contribution in [0, 0.1) is 0 Å². The minimum atomic E-state index is -0.0918.